The molecule has 25 heavy (non-hydrogen) atoms. The fourth-order valence-electron chi connectivity index (χ4n) is 2.29. The van der Waals surface area contributed by atoms with E-state index >= 15 is 0 Å². The summed E-state index contributed by atoms with van der Waals surface area (Å²) in [5, 5.41) is 9.37. The van der Waals surface area contributed by atoms with Crippen LogP contribution in [0.4, 0.5) is 0 Å². The van der Waals surface area contributed by atoms with Crippen molar-refractivity contribution in [3.05, 3.63) is 53.0 Å². The number of aryl methyl sites for hydroxylation is 1. The molecular weight excluding hydrogens is 318 g/mol. The van der Waals surface area contributed by atoms with Gasteiger partial charge in [0.25, 0.3) is 0 Å². The highest BCUT2D eigenvalue weighted by Crippen LogP contribution is 2.30. The van der Waals surface area contributed by atoms with Gasteiger partial charge in [0.05, 0.1) is 25.0 Å². The Hall–Kier alpha value is -3.00. The van der Waals surface area contributed by atoms with Crippen LogP contribution in [0.5, 0.6) is 11.5 Å². The molecule has 130 valence electrons. The Balaban J connectivity index is 2.34. The number of carbonyl (C=O) groups is 1. The molecule has 0 radical (unpaired) electrons. The van der Waals surface area contributed by atoms with Gasteiger partial charge in [-0.1, -0.05) is 13.0 Å². The lowest BCUT2D eigenvalue weighted by Crippen LogP contribution is -2.03. The second-order valence-electron chi connectivity index (χ2n) is 5.38. The minimum atomic E-state index is -0.363. The van der Waals surface area contributed by atoms with E-state index in [9.17, 15) is 10.1 Å². The molecule has 0 aliphatic carbocycles. The number of ketones is 1. The number of allylic oxidation sites excluding steroid dienone is 1. The molecule has 1 heterocycles. The summed E-state index contributed by atoms with van der Waals surface area (Å²) in [5.74, 6) is 1.37. The Morgan fingerprint density at radius 2 is 2.04 bits per heavy atom. The van der Waals surface area contributed by atoms with Crippen LogP contribution in [0.3, 0.4) is 0 Å². The zero-order chi connectivity index (χ0) is 18.2. The average Bonchev–Trinajstić information content (AvgIpc) is 3.04. The maximum Gasteiger partial charge on any atom is 0.207 e. The third-order valence-corrected chi connectivity index (χ3v) is 3.51. The lowest BCUT2D eigenvalue weighted by Gasteiger charge is -2.12. The van der Waals surface area contributed by atoms with Crippen LogP contribution in [0.1, 0.15) is 41.9 Å². The van der Waals surface area contributed by atoms with Crippen molar-refractivity contribution in [2.75, 3.05) is 13.2 Å². The molecule has 0 saturated heterocycles. The summed E-state index contributed by atoms with van der Waals surface area (Å²) in [7, 11) is 0. The fraction of sp³-hybridized carbons (Fsp3) is 0.300. The van der Waals surface area contributed by atoms with Gasteiger partial charge in [-0.15, -0.1) is 0 Å². The van der Waals surface area contributed by atoms with Crippen LogP contribution < -0.4 is 9.47 Å². The van der Waals surface area contributed by atoms with Crippen molar-refractivity contribution in [1.82, 2.24) is 0 Å². The van der Waals surface area contributed by atoms with Crippen LogP contribution in [-0.2, 0) is 0 Å². The van der Waals surface area contributed by atoms with Crippen LogP contribution >= 0.6 is 0 Å². The third-order valence-electron chi connectivity index (χ3n) is 3.51. The maximum atomic E-state index is 12.5. The van der Waals surface area contributed by atoms with Crippen molar-refractivity contribution in [1.29, 1.82) is 5.26 Å². The van der Waals surface area contributed by atoms with E-state index < -0.39 is 0 Å². The minimum Gasteiger partial charge on any atom is -0.490 e. The van der Waals surface area contributed by atoms with Gasteiger partial charge in [-0.3, -0.25) is 4.79 Å². The quantitative estimate of drug-likeness (QED) is 0.400. The first-order chi connectivity index (χ1) is 12.1. The van der Waals surface area contributed by atoms with Crippen LogP contribution in [0.15, 0.2) is 40.5 Å². The Bertz CT molecular complexity index is 811. The standard InChI is InChI=1S/C20H21NO4/c1-4-9-25-18-7-6-15(12-19(18)23-5-2)11-16(13-21)20(22)17-8-10-24-14(17)3/h6-8,10-12H,4-5,9H2,1-3H3/b16-11+. The van der Waals surface area contributed by atoms with E-state index in [0.29, 0.717) is 41.6 Å². The number of hydrogen-bond donors (Lipinski definition) is 0. The summed E-state index contributed by atoms with van der Waals surface area (Å²) in [6, 6.07) is 8.87. The van der Waals surface area contributed by atoms with E-state index in [0.717, 1.165) is 6.42 Å². The summed E-state index contributed by atoms with van der Waals surface area (Å²) < 4.78 is 16.4. The van der Waals surface area contributed by atoms with Gasteiger partial charge in [0, 0.05) is 0 Å². The maximum absolute atomic E-state index is 12.5. The molecule has 1 aromatic carbocycles. The molecule has 2 aromatic rings. The lowest BCUT2D eigenvalue weighted by atomic mass is 10.0. The first-order valence-electron chi connectivity index (χ1n) is 8.20. The number of furan rings is 1. The zero-order valence-electron chi connectivity index (χ0n) is 14.7. The van der Waals surface area contributed by atoms with Gasteiger partial charge in [0.2, 0.25) is 5.78 Å². The lowest BCUT2D eigenvalue weighted by molar-refractivity contribution is 0.103. The summed E-state index contributed by atoms with van der Waals surface area (Å²) in [6.07, 6.45) is 3.87. The second kappa shape index (κ2) is 8.74. The molecule has 1 aromatic heterocycles. The minimum absolute atomic E-state index is 0.0363. The number of rotatable bonds is 8. The number of ether oxygens (including phenoxy) is 2. The first kappa shape index (κ1) is 18.3. The molecule has 0 fully saturated rings. The van der Waals surface area contributed by atoms with Crippen LogP contribution in [0.2, 0.25) is 0 Å². The Labute approximate surface area is 147 Å². The number of Topliss-reactive ketones (excluding diaryl/α,β-unsaturated/α-hetero) is 1. The zero-order valence-corrected chi connectivity index (χ0v) is 14.7. The van der Waals surface area contributed by atoms with Crippen molar-refractivity contribution in [3.63, 3.8) is 0 Å². The summed E-state index contributed by atoms with van der Waals surface area (Å²) in [4.78, 5) is 12.5. The molecule has 0 bridgehead atoms. The highest BCUT2D eigenvalue weighted by molar-refractivity contribution is 6.14. The van der Waals surface area contributed by atoms with Crippen LogP contribution in [-0.4, -0.2) is 19.0 Å². The van der Waals surface area contributed by atoms with E-state index in [1.165, 1.54) is 6.26 Å². The van der Waals surface area contributed by atoms with Gasteiger partial charge in [-0.25, -0.2) is 0 Å². The molecule has 0 amide bonds. The molecule has 2 rings (SSSR count). The number of nitriles is 1. The molecule has 0 N–H and O–H groups in total. The molecule has 0 aliphatic heterocycles. The molecule has 0 atom stereocenters. The van der Waals surface area contributed by atoms with E-state index in [1.807, 2.05) is 19.9 Å². The molecule has 5 heteroatoms. The molecule has 0 saturated carbocycles. The number of hydrogen-bond acceptors (Lipinski definition) is 5. The number of carbonyl (C=O) groups excluding carboxylic acids is 1. The van der Waals surface area contributed by atoms with Gasteiger partial charge < -0.3 is 13.9 Å². The molecular formula is C20H21NO4. The van der Waals surface area contributed by atoms with E-state index in [4.69, 9.17) is 13.9 Å². The van der Waals surface area contributed by atoms with Crippen molar-refractivity contribution in [2.24, 2.45) is 0 Å². The second-order valence-corrected chi connectivity index (χ2v) is 5.38. The molecule has 5 nitrogen and oxygen atoms in total. The van der Waals surface area contributed by atoms with Gasteiger partial charge in [-0.2, -0.15) is 5.26 Å². The van der Waals surface area contributed by atoms with Gasteiger partial charge in [0.15, 0.2) is 11.5 Å². The smallest absolute Gasteiger partial charge is 0.207 e. The van der Waals surface area contributed by atoms with Gasteiger partial charge >= 0.3 is 0 Å². The normalized spacial score (nSPS) is 11.0. The molecule has 0 spiro atoms. The summed E-state index contributed by atoms with van der Waals surface area (Å²) >= 11 is 0. The topological polar surface area (TPSA) is 72.5 Å². The Kier molecular flexibility index (Phi) is 6.41. The number of nitrogens with zero attached hydrogens (tertiary/aromatic N) is 1. The van der Waals surface area contributed by atoms with Crippen LogP contribution in [0.25, 0.3) is 6.08 Å². The van der Waals surface area contributed by atoms with Crippen molar-refractivity contribution >= 4 is 11.9 Å². The fourth-order valence-corrected chi connectivity index (χ4v) is 2.29. The van der Waals surface area contributed by atoms with E-state index in [1.54, 1.807) is 37.3 Å². The van der Waals surface area contributed by atoms with Gasteiger partial charge in [0.1, 0.15) is 17.4 Å². The van der Waals surface area contributed by atoms with Crippen molar-refractivity contribution in [3.8, 4) is 17.6 Å². The van der Waals surface area contributed by atoms with Crippen LogP contribution in [0, 0.1) is 18.3 Å². The monoisotopic (exact) mass is 339 g/mol. The molecule has 0 aliphatic rings. The highest BCUT2D eigenvalue weighted by atomic mass is 16.5. The Morgan fingerprint density at radius 1 is 1.24 bits per heavy atom. The largest absolute Gasteiger partial charge is 0.490 e. The first-order valence-corrected chi connectivity index (χ1v) is 8.20. The van der Waals surface area contributed by atoms with Gasteiger partial charge in [-0.05, 0) is 50.1 Å². The Morgan fingerprint density at radius 3 is 2.64 bits per heavy atom. The highest BCUT2D eigenvalue weighted by Gasteiger charge is 2.17. The predicted octanol–water partition coefficient (Wildman–Crippen LogP) is 4.57. The molecule has 0 unspecified atom stereocenters. The number of benzene rings is 1. The summed E-state index contributed by atoms with van der Waals surface area (Å²) in [5.41, 5.74) is 1.12. The summed E-state index contributed by atoms with van der Waals surface area (Å²) in [6.45, 7) is 6.69. The van der Waals surface area contributed by atoms with Crippen molar-refractivity contribution in [2.45, 2.75) is 27.2 Å². The van der Waals surface area contributed by atoms with E-state index in [2.05, 4.69) is 0 Å². The average molecular weight is 339 g/mol. The van der Waals surface area contributed by atoms with E-state index in [-0.39, 0.29) is 11.4 Å². The predicted molar refractivity (Wildman–Crippen MR) is 94.8 cm³/mol. The SMILES string of the molecule is CCCOc1ccc(/C=C(\C#N)C(=O)c2ccoc2C)cc1OCC. The van der Waals surface area contributed by atoms with Crippen molar-refractivity contribution < 1.29 is 18.7 Å². The third kappa shape index (κ3) is 4.51.